The second-order valence-electron chi connectivity index (χ2n) is 6.07. The minimum Gasteiger partial charge on any atom is -0.330 e. The first-order chi connectivity index (χ1) is 11.9. The molecule has 0 bridgehead atoms. The van der Waals surface area contributed by atoms with Crippen molar-refractivity contribution in [1.82, 2.24) is 10.4 Å². The summed E-state index contributed by atoms with van der Waals surface area (Å²) in [7, 11) is 0. The normalized spacial score (nSPS) is 14.4. The van der Waals surface area contributed by atoms with Crippen molar-refractivity contribution in [2.45, 2.75) is 32.1 Å². The highest BCUT2D eigenvalue weighted by atomic mass is 32.1. The number of nitrogens with zero attached hydrogens (tertiary/aromatic N) is 2. The van der Waals surface area contributed by atoms with Gasteiger partial charge in [-0.1, -0.05) is 37.5 Å². The van der Waals surface area contributed by atoms with Gasteiger partial charge in [0.05, 0.1) is 10.6 Å². The lowest BCUT2D eigenvalue weighted by atomic mass is 10.1. The summed E-state index contributed by atoms with van der Waals surface area (Å²) in [5, 5.41) is 3.48. The van der Waals surface area contributed by atoms with Crippen LogP contribution in [0.3, 0.4) is 0 Å². The first-order valence-corrected chi connectivity index (χ1v) is 9.60. The molecule has 5 heteroatoms. The van der Waals surface area contributed by atoms with E-state index in [1.54, 1.807) is 0 Å². The van der Waals surface area contributed by atoms with Crippen LogP contribution in [0.5, 0.6) is 0 Å². The molecule has 1 aromatic heterocycles. The fraction of sp³-hybridized carbons (Fsp3) is 0.421. The number of thiophene rings is 1. The fourth-order valence-corrected chi connectivity index (χ4v) is 3.99. The smallest absolute Gasteiger partial charge is 0.124 e. The van der Waals surface area contributed by atoms with Crippen LogP contribution >= 0.6 is 11.3 Å². The number of benzene rings is 1. The van der Waals surface area contributed by atoms with Crippen molar-refractivity contribution in [3.63, 3.8) is 0 Å². The zero-order valence-corrected chi connectivity index (χ0v) is 14.9. The summed E-state index contributed by atoms with van der Waals surface area (Å²) in [4.78, 5) is 5.67. The topological polar surface area (TPSA) is 53.6 Å². The number of hydrogen-bond acceptors (Lipinski definition) is 5. The molecule has 0 unspecified atom stereocenters. The molecule has 0 saturated heterocycles. The number of allylic oxidation sites excluding steroid dienone is 1. The van der Waals surface area contributed by atoms with E-state index in [0.29, 0.717) is 6.67 Å². The molecule has 0 fully saturated rings. The lowest BCUT2D eigenvalue weighted by Gasteiger charge is -2.27. The largest absolute Gasteiger partial charge is 0.330 e. The van der Waals surface area contributed by atoms with E-state index < -0.39 is 0 Å². The van der Waals surface area contributed by atoms with Gasteiger partial charge < -0.3 is 5.73 Å². The average Bonchev–Trinajstić information content (AvgIpc) is 3.05. The summed E-state index contributed by atoms with van der Waals surface area (Å²) < 4.78 is 1.33. The maximum Gasteiger partial charge on any atom is 0.124 e. The number of rotatable bonds is 9. The van der Waals surface area contributed by atoms with E-state index in [4.69, 9.17) is 5.73 Å². The summed E-state index contributed by atoms with van der Waals surface area (Å²) in [6.07, 6.45) is 10.1. The molecule has 3 N–H and O–H groups in total. The minimum atomic E-state index is 0.674. The summed E-state index contributed by atoms with van der Waals surface area (Å²) in [5.74, 6) is 0. The van der Waals surface area contributed by atoms with E-state index in [0.717, 1.165) is 19.5 Å². The van der Waals surface area contributed by atoms with Gasteiger partial charge in [-0.25, -0.2) is 5.43 Å². The number of hydrazine groups is 1. The number of nitrogens with one attached hydrogen (secondary N) is 1. The Labute approximate surface area is 148 Å². The zero-order chi connectivity index (χ0) is 16.6. The summed E-state index contributed by atoms with van der Waals surface area (Å²) >= 11 is 1.84. The molecule has 0 radical (unpaired) electrons. The van der Waals surface area contributed by atoms with E-state index in [1.807, 2.05) is 17.6 Å². The molecule has 2 heterocycles. The van der Waals surface area contributed by atoms with Gasteiger partial charge in [-0.3, -0.25) is 10.0 Å². The molecular weight excluding hydrogens is 316 g/mol. The molecule has 4 nitrogen and oxygen atoms in total. The van der Waals surface area contributed by atoms with Gasteiger partial charge in [0, 0.05) is 17.5 Å². The maximum atomic E-state index is 5.53. The van der Waals surface area contributed by atoms with Gasteiger partial charge >= 0.3 is 0 Å². The molecule has 0 amide bonds. The molecule has 3 rings (SSSR count). The molecule has 0 atom stereocenters. The minimum absolute atomic E-state index is 0.674. The standard InChI is InChI=1S/C19H26N4S/c20-11-6-2-1-3-7-12-22-23-15-21-13-10-17(23)19-14-16-8-4-5-9-18(16)24-19/h4-5,8-10,13-14,22H,1-3,6-7,11-12,15,20H2. The van der Waals surface area contributed by atoms with E-state index >= 15 is 0 Å². The first kappa shape index (κ1) is 17.1. The van der Waals surface area contributed by atoms with E-state index in [9.17, 15) is 0 Å². The van der Waals surface area contributed by atoms with Crippen LogP contribution in [0.15, 0.2) is 41.4 Å². The molecule has 1 aromatic carbocycles. The maximum absolute atomic E-state index is 5.53. The van der Waals surface area contributed by atoms with Crippen molar-refractivity contribution in [2.24, 2.45) is 10.7 Å². The highest BCUT2D eigenvalue weighted by Crippen LogP contribution is 2.32. The van der Waals surface area contributed by atoms with Crippen LogP contribution in [0, 0.1) is 0 Å². The highest BCUT2D eigenvalue weighted by molar-refractivity contribution is 7.20. The Morgan fingerprint density at radius 3 is 2.83 bits per heavy atom. The first-order valence-electron chi connectivity index (χ1n) is 8.78. The van der Waals surface area contributed by atoms with Crippen molar-refractivity contribution in [3.8, 4) is 0 Å². The molecule has 0 spiro atoms. The SMILES string of the molecule is NCCCCCCCNN1CN=CC=C1c1cc2ccccc2s1. The van der Waals surface area contributed by atoms with E-state index in [-0.39, 0.29) is 0 Å². The summed E-state index contributed by atoms with van der Waals surface area (Å²) in [6.45, 7) is 2.47. The van der Waals surface area contributed by atoms with Gasteiger partial charge in [0.25, 0.3) is 0 Å². The Balaban J connectivity index is 1.55. The Morgan fingerprint density at radius 2 is 1.96 bits per heavy atom. The van der Waals surface area contributed by atoms with Gasteiger partial charge in [0.1, 0.15) is 6.67 Å². The average molecular weight is 343 g/mol. The summed E-state index contributed by atoms with van der Waals surface area (Å²) in [5.41, 5.74) is 10.3. The number of aliphatic imine (C=N–C) groups is 1. The van der Waals surface area contributed by atoms with Crippen molar-refractivity contribution in [2.75, 3.05) is 19.8 Å². The molecule has 2 aromatic rings. The predicted molar refractivity (Wildman–Crippen MR) is 105 cm³/mol. The number of nitrogens with two attached hydrogens (primary N) is 1. The Morgan fingerprint density at radius 1 is 1.12 bits per heavy atom. The van der Waals surface area contributed by atoms with Crippen LogP contribution in [0.4, 0.5) is 0 Å². The Bertz CT molecular complexity index is 671. The van der Waals surface area contributed by atoms with Gasteiger partial charge in [-0.05, 0) is 43.0 Å². The molecular formula is C19H26N4S. The van der Waals surface area contributed by atoms with Crippen LogP contribution in [0.25, 0.3) is 15.8 Å². The Kier molecular flexibility index (Phi) is 6.41. The van der Waals surface area contributed by atoms with Crippen LogP contribution in [-0.4, -0.2) is 31.0 Å². The van der Waals surface area contributed by atoms with Crippen LogP contribution < -0.4 is 11.2 Å². The van der Waals surface area contributed by atoms with Crippen molar-refractivity contribution in [1.29, 1.82) is 0 Å². The second kappa shape index (κ2) is 8.97. The van der Waals surface area contributed by atoms with Gasteiger partial charge in [0.2, 0.25) is 0 Å². The molecule has 1 aliphatic heterocycles. The molecule has 1 aliphatic rings. The lowest BCUT2D eigenvalue weighted by molar-refractivity contribution is 0.292. The van der Waals surface area contributed by atoms with Crippen LogP contribution in [0.1, 0.15) is 37.0 Å². The monoisotopic (exact) mass is 342 g/mol. The van der Waals surface area contributed by atoms with Crippen molar-refractivity contribution < 1.29 is 0 Å². The lowest BCUT2D eigenvalue weighted by Crippen LogP contribution is -2.38. The number of fused-ring (bicyclic) bond motifs is 1. The molecule has 0 saturated carbocycles. The number of hydrogen-bond donors (Lipinski definition) is 2. The van der Waals surface area contributed by atoms with Gasteiger partial charge in [-0.15, -0.1) is 11.3 Å². The quantitative estimate of drug-likeness (QED) is 0.677. The van der Waals surface area contributed by atoms with Gasteiger partial charge in [-0.2, -0.15) is 0 Å². The molecule has 0 aliphatic carbocycles. The van der Waals surface area contributed by atoms with Crippen molar-refractivity contribution in [3.05, 3.63) is 41.3 Å². The highest BCUT2D eigenvalue weighted by Gasteiger charge is 2.15. The van der Waals surface area contributed by atoms with E-state index in [1.165, 1.54) is 46.3 Å². The third-order valence-electron chi connectivity index (χ3n) is 4.21. The zero-order valence-electron chi connectivity index (χ0n) is 14.1. The van der Waals surface area contributed by atoms with Crippen molar-refractivity contribution >= 4 is 33.3 Å². The van der Waals surface area contributed by atoms with Gasteiger partial charge in [0.15, 0.2) is 0 Å². The molecule has 24 heavy (non-hydrogen) atoms. The Hall–Kier alpha value is -1.69. The third-order valence-corrected chi connectivity index (χ3v) is 5.35. The molecule has 128 valence electrons. The number of unbranched alkanes of at least 4 members (excludes halogenated alkanes) is 4. The summed E-state index contributed by atoms with van der Waals surface area (Å²) in [6, 6.07) is 10.8. The van der Waals surface area contributed by atoms with Crippen LogP contribution in [-0.2, 0) is 0 Å². The second-order valence-corrected chi connectivity index (χ2v) is 7.15. The van der Waals surface area contributed by atoms with E-state index in [2.05, 4.69) is 51.8 Å². The van der Waals surface area contributed by atoms with Crippen LogP contribution in [0.2, 0.25) is 0 Å². The predicted octanol–water partition coefficient (Wildman–Crippen LogP) is 4.00. The fourth-order valence-electron chi connectivity index (χ4n) is 2.89. The third kappa shape index (κ3) is 4.44.